The van der Waals surface area contributed by atoms with Crippen molar-refractivity contribution in [2.24, 2.45) is 0 Å². The van der Waals surface area contributed by atoms with Gasteiger partial charge < -0.3 is 4.74 Å². The summed E-state index contributed by atoms with van der Waals surface area (Å²) in [6, 6.07) is 0.731. The minimum absolute atomic E-state index is 0.556. The molecule has 0 aromatic rings. The lowest BCUT2D eigenvalue weighted by Crippen LogP contribution is -2.52. The van der Waals surface area contributed by atoms with E-state index in [0.29, 0.717) is 6.10 Å². The molecule has 0 saturated carbocycles. The molecule has 0 N–H and O–H groups in total. The fourth-order valence-corrected chi connectivity index (χ4v) is 1.75. The van der Waals surface area contributed by atoms with Gasteiger partial charge in [0.2, 0.25) is 0 Å². The van der Waals surface area contributed by atoms with Gasteiger partial charge in [0.25, 0.3) is 0 Å². The van der Waals surface area contributed by atoms with Crippen LogP contribution in [0.1, 0.15) is 12.8 Å². The van der Waals surface area contributed by atoms with Crippen LogP contribution in [0, 0.1) is 0 Å². The highest BCUT2D eigenvalue weighted by atomic mass is 16.5. The smallest absolute Gasteiger partial charge is 0.0703 e. The van der Waals surface area contributed by atoms with Gasteiger partial charge >= 0.3 is 0 Å². The van der Waals surface area contributed by atoms with Gasteiger partial charge in [0.05, 0.1) is 12.7 Å². The van der Waals surface area contributed by atoms with E-state index < -0.39 is 0 Å². The Morgan fingerprint density at radius 3 is 2.56 bits per heavy atom. The number of hydrogen-bond donors (Lipinski definition) is 0. The molecule has 0 aromatic heterocycles. The van der Waals surface area contributed by atoms with Gasteiger partial charge in [0.1, 0.15) is 0 Å². The van der Waals surface area contributed by atoms with Crippen molar-refractivity contribution < 1.29 is 4.74 Å². The molecular weight excluding hydrogens is 114 g/mol. The average molecular weight is 127 g/mol. The minimum Gasteiger partial charge on any atom is -0.375 e. The molecular formula is C7H13NO. The number of morpholine rings is 1. The summed E-state index contributed by atoms with van der Waals surface area (Å²) in [5.74, 6) is 0. The molecule has 2 nitrogen and oxygen atoms in total. The van der Waals surface area contributed by atoms with Crippen molar-refractivity contribution in [3.8, 4) is 0 Å². The van der Waals surface area contributed by atoms with Crippen LogP contribution in [0.2, 0.25) is 0 Å². The number of likely N-dealkylation sites (N-methyl/N-ethyl adjacent to an activating group) is 1. The topological polar surface area (TPSA) is 12.5 Å². The third-order valence-electron chi connectivity index (χ3n) is 2.46. The summed E-state index contributed by atoms with van der Waals surface area (Å²) in [4.78, 5) is 2.41. The molecule has 3 fully saturated rings. The lowest BCUT2D eigenvalue weighted by Gasteiger charge is -2.43. The second-order valence-corrected chi connectivity index (χ2v) is 3.13. The maximum atomic E-state index is 5.51. The molecule has 0 amide bonds. The standard InChI is InChI=1S/C7H13NO/c1-8-4-7-3-2-6(8)5-9-7/h6-7H,2-5H2,1H3/t6-,7?/m0/s1. The second-order valence-electron chi connectivity index (χ2n) is 3.13. The fourth-order valence-electron chi connectivity index (χ4n) is 1.75. The Kier molecular flexibility index (Phi) is 1.24. The van der Waals surface area contributed by atoms with E-state index in [1.165, 1.54) is 12.8 Å². The lowest BCUT2D eigenvalue weighted by atomic mass is 9.98. The third kappa shape index (κ3) is 0.864. The molecule has 52 valence electrons. The average Bonchev–Trinajstić information content (AvgIpc) is 1.90. The predicted octanol–water partition coefficient (Wildman–Crippen LogP) is 0.479. The van der Waals surface area contributed by atoms with Gasteiger partial charge in [-0.05, 0) is 19.9 Å². The van der Waals surface area contributed by atoms with Gasteiger partial charge in [-0.2, -0.15) is 0 Å². The molecule has 3 rings (SSSR count). The first-order valence-corrected chi connectivity index (χ1v) is 3.68. The zero-order chi connectivity index (χ0) is 6.27. The summed E-state index contributed by atoms with van der Waals surface area (Å²) in [7, 11) is 2.19. The molecule has 2 bridgehead atoms. The van der Waals surface area contributed by atoms with Crippen LogP contribution < -0.4 is 0 Å². The largest absolute Gasteiger partial charge is 0.375 e. The van der Waals surface area contributed by atoms with Gasteiger partial charge in [-0.3, -0.25) is 4.90 Å². The van der Waals surface area contributed by atoms with Crippen LogP contribution in [-0.2, 0) is 4.74 Å². The molecule has 9 heavy (non-hydrogen) atoms. The Morgan fingerprint density at radius 2 is 2.33 bits per heavy atom. The van der Waals surface area contributed by atoms with Crippen molar-refractivity contribution in [3.05, 3.63) is 0 Å². The minimum atomic E-state index is 0.556. The van der Waals surface area contributed by atoms with Crippen LogP contribution in [0.15, 0.2) is 0 Å². The summed E-state index contributed by atoms with van der Waals surface area (Å²) in [5, 5.41) is 0. The van der Waals surface area contributed by atoms with Crippen LogP contribution in [0.3, 0.4) is 0 Å². The fraction of sp³-hybridized carbons (Fsp3) is 1.00. The van der Waals surface area contributed by atoms with E-state index in [-0.39, 0.29) is 0 Å². The van der Waals surface area contributed by atoms with E-state index in [9.17, 15) is 0 Å². The van der Waals surface area contributed by atoms with E-state index >= 15 is 0 Å². The predicted molar refractivity (Wildman–Crippen MR) is 35.4 cm³/mol. The van der Waals surface area contributed by atoms with E-state index in [4.69, 9.17) is 4.74 Å². The first-order valence-electron chi connectivity index (χ1n) is 3.68. The van der Waals surface area contributed by atoms with Crippen LogP contribution in [0.25, 0.3) is 0 Å². The molecule has 1 unspecified atom stereocenters. The molecule has 0 aliphatic carbocycles. The number of fused-ring (bicyclic) bond motifs is 3. The number of rotatable bonds is 0. The Bertz CT molecular complexity index is 107. The first kappa shape index (κ1) is 5.69. The van der Waals surface area contributed by atoms with Crippen molar-refractivity contribution in [1.82, 2.24) is 4.90 Å². The molecule has 3 saturated heterocycles. The molecule has 0 radical (unpaired) electrons. The molecule has 3 aliphatic rings. The monoisotopic (exact) mass is 127 g/mol. The van der Waals surface area contributed by atoms with E-state index in [1.807, 2.05) is 0 Å². The van der Waals surface area contributed by atoms with Gasteiger partial charge in [-0.1, -0.05) is 0 Å². The summed E-state index contributed by atoms with van der Waals surface area (Å²) in [5.41, 5.74) is 0. The molecule has 2 atom stereocenters. The highest BCUT2D eigenvalue weighted by Crippen LogP contribution is 2.24. The van der Waals surface area contributed by atoms with Crippen LogP contribution >= 0.6 is 0 Å². The number of piperidine rings is 1. The second kappa shape index (κ2) is 1.96. The van der Waals surface area contributed by atoms with Crippen LogP contribution in [0.5, 0.6) is 0 Å². The molecule has 3 aliphatic heterocycles. The summed E-state index contributed by atoms with van der Waals surface area (Å²) in [6.07, 6.45) is 3.19. The number of nitrogens with zero attached hydrogens (tertiary/aromatic N) is 1. The van der Waals surface area contributed by atoms with Crippen LogP contribution in [-0.4, -0.2) is 37.2 Å². The summed E-state index contributed by atoms with van der Waals surface area (Å²) >= 11 is 0. The zero-order valence-electron chi connectivity index (χ0n) is 5.84. The summed E-state index contributed by atoms with van der Waals surface area (Å²) in [6.45, 7) is 2.13. The van der Waals surface area contributed by atoms with E-state index in [2.05, 4.69) is 11.9 Å². The quantitative estimate of drug-likeness (QED) is 0.469. The normalized spacial score (nSPS) is 43.7. The zero-order valence-corrected chi connectivity index (χ0v) is 5.84. The highest BCUT2D eigenvalue weighted by Gasteiger charge is 2.31. The Labute approximate surface area is 55.8 Å². The van der Waals surface area contributed by atoms with Gasteiger partial charge in [-0.15, -0.1) is 0 Å². The number of hydrogen-bond acceptors (Lipinski definition) is 2. The van der Waals surface area contributed by atoms with Gasteiger partial charge in [-0.25, -0.2) is 0 Å². The van der Waals surface area contributed by atoms with Gasteiger partial charge in [0.15, 0.2) is 0 Å². The van der Waals surface area contributed by atoms with Crippen molar-refractivity contribution >= 4 is 0 Å². The Balaban J connectivity index is 2.06. The van der Waals surface area contributed by atoms with E-state index in [0.717, 1.165) is 19.2 Å². The molecule has 0 aromatic carbocycles. The maximum absolute atomic E-state index is 5.51. The van der Waals surface area contributed by atoms with Crippen molar-refractivity contribution in [3.63, 3.8) is 0 Å². The third-order valence-corrected chi connectivity index (χ3v) is 2.46. The Morgan fingerprint density at radius 1 is 1.44 bits per heavy atom. The van der Waals surface area contributed by atoms with Crippen molar-refractivity contribution in [2.75, 3.05) is 20.2 Å². The maximum Gasteiger partial charge on any atom is 0.0703 e. The number of ether oxygens (including phenoxy) is 1. The SMILES string of the molecule is CN1CC2CC[C@H]1CO2. The highest BCUT2D eigenvalue weighted by molar-refractivity contribution is 4.84. The van der Waals surface area contributed by atoms with Crippen molar-refractivity contribution in [2.45, 2.75) is 25.0 Å². The molecule has 3 heterocycles. The molecule has 2 heteroatoms. The van der Waals surface area contributed by atoms with E-state index in [1.54, 1.807) is 0 Å². The molecule has 0 spiro atoms. The first-order chi connectivity index (χ1) is 4.36. The lowest BCUT2D eigenvalue weighted by molar-refractivity contribution is -0.0962. The van der Waals surface area contributed by atoms with Crippen molar-refractivity contribution in [1.29, 1.82) is 0 Å². The van der Waals surface area contributed by atoms with Crippen LogP contribution in [0.4, 0.5) is 0 Å². The Hall–Kier alpha value is -0.0800. The van der Waals surface area contributed by atoms with Gasteiger partial charge in [0, 0.05) is 12.6 Å². The summed E-state index contributed by atoms with van der Waals surface area (Å²) < 4.78 is 5.51.